The van der Waals surface area contributed by atoms with Gasteiger partial charge >= 0.3 is 6.03 Å². The fourth-order valence-electron chi connectivity index (χ4n) is 3.98. The molecule has 31 heavy (non-hydrogen) atoms. The lowest BCUT2D eigenvalue weighted by Crippen LogP contribution is -2.55. The van der Waals surface area contributed by atoms with E-state index >= 15 is 0 Å². The molecule has 1 fully saturated rings. The zero-order valence-electron chi connectivity index (χ0n) is 18.1. The van der Waals surface area contributed by atoms with Gasteiger partial charge < -0.3 is 15.0 Å². The number of carbonyl (C=O) groups is 1. The summed E-state index contributed by atoms with van der Waals surface area (Å²) in [5.74, 6) is -0.0237. The number of urea groups is 1. The Kier molecular flexibility index (Phi) is 6.62. The van der Waals surface area contributed by atoms with E-state index in [2.05, 4.69) is 22.2 Å². The summed E-state index contributed by atoms with van der Waals surface area (Å²) < 4.78 is 18.4. The molecule has 1 unspecified atom stereocenters. The summed E-state index contributed by atoms with van der Waals surface area (Å²) >= 11 is 0. The van der Waals surface area contributed by atoms with Crippen molar-refractivity contribution in [3.05, 3.63) is 42.0 Å². The Labute approximate surface area is 180 Å². The molecule has 1 aliphatic heterocycles. The largest absolute Gasteiger partial charge is 0.428 e. The highest BCUT2D eigenvalue weighted by Crippen LogP contribution is 2.30. The third kappa shape index (κ3) is 5.22. The number of carbonyl (C=O) groups excluding carboxylic acids is 1. The van der Waals surface area contributed by atoms with Crippen LogP contribution >= 0.6 is 0 Å². The van der Waals surface area contributed by atoms with Crippen LogP contribution in [0.4, 0.5) is 14.9 Å². The number of aromatic nitrogens is 2. The summed E-state index contributed by atoms with van der Waals surface area (Å²) in [6.07, 6.45) is 3.60. The van der Waals surface area contributed by atoms with Gasteiger partial charge in [0.05, 0.1) is 12.4 Å². The summed E-state index contributed by atoms with van der Waals surface area (Å²) in [5.41, 5.74) is 2.11. The van der Waals surface area contributed by atoms with Crippen LogP contribution in [-0.4, -0.2) is 44.8 Å². The Bertz CT molecular complexity index is 994. The van der Waals surface area contributed by atoms with Gasteiger partial charge in [-0.1, -0.05) is 13.0 Å². The van der Waals surface area contributed by atoms with E-state index in [0.29, 0.717) is 29.4 Å². The maximum atomic E-state index is 13.2. The van der Waals surface area contributed by atoms with Gasteiger partial charge in [0.15, 0.2) is 17.5 Å². The van der Waals surface area contributed by atoms with Crippen LogP contribution in [0, 0.1) is 29.5 Å². The molecule has 1 saturated heterocycles. The first-order valence-corrected chi connectivity index (χ1v) is 10.1. The summed E-state index contributed by atoms with van der Waals surface area (Å²) in [6.45, 7) is 7.37. The van der Waals surface area contributed by atoms with Crippen LogP contribution in [0.1, 0.15) is 39.2 Å². The maximum Gasteiger partial charge on any atom is 0.322 e. The Hall–Kier alpha value is -3.36. The number of halogens is 1. The van der Waals surface area contributed by atoms with E-state index in [1.807, 2.05) is 19.9 Å². The van der Waals surface area contributed by atoms with E-state index < -0.39 is 11.9 Å². The average Bonchev–Trinajstić information content (AvgIpc) is 2.69. The van der Waals surface area contributed by atoms with E-state index in [9.17, 15) is 9.18 Å². The first kappa shape index (κ1) is 22.3. The molecule has 1 aromatic heterocycles. The number of piperidine rings is 1. The number of likely N-dealkylation sites (tertiary alicyclic amines) is 1. The molecule has 9 heteroatoms. The van der Waals surface area contributed by atoms with Crippen LogP contribution in [0.5, 0.6) is 0 Å². The Morgan fingerprint density at radius 1 is 1.23 bits per heavy atom. The van der Waals surface area contributed by atoms with Crippen molar-refractivity contribution in [2.24, 2.45) is 5.92 Å². The fourth-order valence-corrected chi connectivity index (χ4v) is 3.98. The van der Waals surface area contributed by atoms with E-state index in [0.717, 1.165) is 24.4 Å². The second kappa shape index (κ2) is 9.20. The fraction of sp³-hybridized carbons (Fsp3) is 0.409. The summed E-state index contributed by atoms with van der Waals surface area (Å²) in [5, 5.41) is 18.7. The molecule has 2 heterocycles. The van der Waals surface area contributed by atoms with Crippen molar-refractivity contribution < 1.29 is 13.9 Å². The minimum atomic E-state index is -0.551. The van der Waals surface area contributed by atoms with Crippen LogP contribution in [0.15, 0.2) is 30.6 Å². The molecule has 164 valence electrons. The molecular weight excluding hydrogens is 399 g/mol. The van der Waals surface area contributed by atoms with Crippen molar-refractivity contribution >= 4 is 23.5 Å². The number of hydrogen-bond donors (Lipinski definition) is 3. The van der Waals surface area contributed by atoms with Gasteiger partial charge in [-0.3, -0.25) is 10.8 Å². The van der Waals surface area contributed by atoms with Crippen molar-refractivity contribution in [3.8, 4) is 11.4 Å². The summed E-state index contributed by atoms with van der Waals surface area (Å²) in [7, 11) is 0. The molecule has 3 N–H and O–H groups in total. The van der Waals surface area contributed by atoms with Crippen molar-refractivity contribution in [1.82, 2.24) is 14.9 Å². The number of ether oxygens (including phenoxy) is 1. The van der Waals surface area contributed by atoms with E-state index in [4.69, 9.17) is 15.6 Å². The average molecular weight is 426 g/mol. The van der Waals surface area contributed by atoms with Crippen LogP contribution < -0.4 is 5.32 Å². The van der Waals surface area contributed by atoms with Crippen LogP contribution in [0.3, 0.4) is 0 Å². The number of nitrogens with one attached hydrogen (secondary N) is 3. The monoisotopic (exact) mass is 426 g/mol. The normalized spacial score (nSPS) is 20.8. The molecule has 0 bridgehead atoms. The highest BCUT2D eigenvalue weighted by molar-refractivity contribution is 5.96. The molecule has 0 radical (unpaired) electrons. The molecule has 0 aliphatic carbocycles. The molecule has 1 aliphatic rings. The molecule has 3 atom stereocenters. The molecule has 3 rings (SSSR count). The smallest absolute Gasteiger partial charge is 0.322 e. The predicted octanol–water partition coefficient (Wildman–Crippen LogP) is 4.60. The molecular formula is C22H27FN6O2. The first-order chi connectivity index (χ1) is 14.7. The topological polar surface area (TPSA) is 115 Å². The maximum absolute atomic E-state index is 13.2. The van der Waals surface area contributed by atoms with Gasteiger partial charge in [-0.2, -0.15) is 0 Å². The minimum absolute atomic E-state index is 0.0845. The lowest BCUT2D eigenvalue weighted by Gasteiger charge is -2.42. The highest BCUT2D eigenvalue weighted by atomic mass is 19.1. The van der Waals surface area contributed by atoms with Crippen LogP contribution in [0.2, 0.25) is 0 Å². The molecule has 1 aromatic carbocycles. The number of hydrogen-bond acceptors (Lipinski definition) is 6. The molecule has 0 saturated carbocycles. The molecule has 8 nitrogen and oxygen atoms in total. The zero-order valence-corrected chi connectivity index (χ0v) is 18.1. The number of rotatable bonds is 3. The lowest BCUT2D eigenvalue weighted by atomic mass is 9.88. The summed E-state index contributed by atoms with van der Waals surface area (Å²) in [4.78, 5) is 22.9. The molecule has 2 amide bonds. The predicted molar refractivity (Wildman–Crippen MR) is 117 cm³/mol. The van der Waals surface area contributed by atoms with E-state index in [-0.39, 0.29) is 23.9 Å². The third-order valence-corrected chi connectivity index (χ3v) is 5.33. The van der Waals surface area contributed by atoms with Crippen molar-refractivity contribution in [2.75, 3.05) is 5.32 Å². The van der Waals surface area contributed by atoms with E-state index in [1.165, 1.54) is 6.92 Å². The van der Waals surface area contributed by atoms with Crippen molar-refractivity contribution in [2.45, 2.75) is 52.6 Å². The number of benzene rings is 1. The third-order valence-electron chi connectivity index (χ3n) is 5.33. The second-order valence-electron chi connectivity index (χ2n) is 8.06. The van der Waals surface area contributed by atoms with Gasteiger partial charge in [0.1, 0.15) is 6.04 Å². The van der Waals surface area contributed by atoms with Crippen LogP contribution in [-0.2, 0) is 4.74 Å². The Morgan fingerprint density at radius 3 is 2.55 bits per heavy atom. The SMILES string of the molecule is CC(=N)OC(=N)C1C[C@@H](C)C[C@@H](C)N1C(=O)Nc1ccc(C)c(-c2ncc(F)cn2)c1. The lowest BCUT2D eigenvalue weighted by molar-refractivity contribution is 0.121. The van der Waals surface area contributed by atoms with Gasteiger partial charge in [0.25, 0.3) is 0 Å². The number of aryl methyl sites for hydroxylation is 1. The van der Waals surface area contributed by atoms with Crippen molar-refractivity contribution in [1.29, 1.82) is 10.8 Å². The standard InChI is InChI=1S/C22H27FN6O2/c1-12-7-14(3)29(19(8-12)20(25)31-15(4)24)22(30)28-17-6-5-13(2)18(9-17)21-26-10-16(23)11-27-21/h5-6,9-12,14,19,24-25H,7-8H2,1-4H3,(H,28,30)/t12-,14+,19?/m0/s1. The Balaban J connectivity index is 1.84. The van der Waals surface area contributed by atoms with Gasteiger partial charge in [0.2, 0.25) is 5.90 Å². The summed E-state index contributed by atoms with van der Waals surface area (Å²) in [6, 6.07) is 4.35. The highest BCUT2D eigenvalue weighted by Gasteiger charge is 2.38. The van der Waals surface area contributed by atoms with E-state index in [1.54, 1.807) is 17.0 Å². The van der Waals surface area contributed by atoms with Gasteiger partial charge in [0, 0.05) is 24.2 Å². The molecule has 2 aromatic rings. The number of nitrogens with zero attached hydrogens (tertiary/aromatic N) is 3. The van der Waals surface area contributed by atoms with Gasteiger partial charge in [-0.05, 0) is 50.3 Å². The van der Waals surface area contributed by atoms with Crippen molar-refractivity contribution in [3.63, 3.8) is 0 Å². The van der Waals surface area contributed by atoms with Gasteiger partial charge in [-0.15, -0.1) is 0 Å². The minimum Gasteiger partial charge on any atom is -0.428 e. The van der Waals surface area contributed by atoms with Gasteiger partial charge in [-0.25, -0.2) is 19.2 Å². The zero-order chi connectivity index (χ0) is 22.7. The second-order valence-corrected chi connectivity index (χ2v) is 8.06. The quantitative estimate of drug-likeness (QED) is 0.491. The Morgan fingerprint density at radius 2 is 1.90 bits per heavy atom. The first-order valence-electron chi connectivity index (χ1n) is 10.1. The number of anilines is 1. The number of amides is 2. The van der Waals surface area contributed by atoms with Crippen LogP contribution in [0.25, 0.3) is 11.4 Å². The molecule has 0 spiro atoms.